The minimum Gasteiger partial charge on any atom is -0.495 e. The van der Waals surface area contributed by atoms with Crippen LogP contribution >= 0.6 is 0 Å². The number of aryl methyl sites for hydroxylation is 2. The summed E-state index contributed by atoms with van der Waals surface area (Å²) in [6, 6.07) is 4.49. The van der Waals surface area contributed by atoms with E-state index in [1.165, 1.54) is 11.4 Å². The molecule has 0 N–H and O–H groups in total. The van der Waals surface area contributed by atoms with Crippen molar-refractivity contribution in [2.45, 2.75) is 37.3 Å². The Morgan fingerprint density at radius 3 is 2.64 bits per heavy atom. The second kappa shape index (κ2) is 6.74. The normalized spacial score (nSPS) is 21.6. The molecule has 0 spiro atoms. The standard InChI is InChI=1S/C16H21N3O5S/c1-10-5-6-14(23-4)15(7-10)25(20,21)19-9-12(22-3)8-13(19)16-17-11(2)18-24-16/h5-7,12-13H,8-9H2,1-4H3/t12-,13+/m0/s1. The van der Waals surface area contributed by atoms with Crippen LogP contribution in [0.5, 0.6) is 5.75 Å². The first-order chi connectivity index (χ1) is 11.9. The Bertz CT molecular complexity index is 864. The van der Waals surface area contributed by atoms with Gasteiger partial charge in [0, 0.05) is 20.1 Å². The van der Waals surface area contributed by atoms with E-state index in [0.29, 0.717) is 18.0 Å². The molecular weight excluding hydrogens is 346 g/mol. The van der Waals surface area contributed by atoms with E-state index in [9.17, 15) is 8.42 Å². The van der Waals surface area contributed by atoms with Gasteiger partial charge in [0.1, 0.15) is 16.7 Å². The molecule has 1 aliphatic rings. The van der Waals surface area contributed by atoms with Crippen molar-refractivity contribution >= 4 is 10.0 Å². The number of ether oxygens (including phenoxy) is 2. The number of hydrogen-bond donors (Lipinski definition) is 0. The average molecular weight is 367 g/mol. The Morgan fingerprint density at radius 1 is 1.28 bits per heavy atom. The highest BCUT2D eigenvalue weighted by molar-refractivity contribution is 7.89. The lowest BCUT2D eigenvalue weighted by Crippen LogP contribution is -2.32. The monoisotopic (exact) mass is 367 g/mol. The summed E-state index contributed by atoms with van der Waals surface area (Å²) in [6.45, 7) is 3.74. The lowest BCUT2D eigenvalue weighted by Gasteiger charge is -2.22. The van der Waals surface area contributed by atoms with Crippen LogP contribution in [-0.4, -0.2) is 49.7 Å². The van der Waals surface area contributed by atoms with Gasteiger partial charge in [-0.25, -0.2) is 8.42 Å². The zero-order valence-corrected chi connectivity index (χ0v) is 15.4. The molecule has 8 nitrogen and oxygen atoms in total. The van der Waals surface area contributed by atoms with Gasteiger partial charge in [-0.1, -0.05) is 11.2 Å². The van der Waals surface area contributed by atoms with E-state index in [2.05, 4.69) is 10.1 Å². The fourth-order valence-corrected chi connectivity index (χ4v) is 4.86. The van der Waals surface area contributed by atoms with Crippen molar-refractivity contribution in [1.82, 2.24) is 14.4 Å². The number of nitrogens with zero attached hydrogens (tertiary/aromatic N) is 3. The molecule has 1 aliphatic heterocycles. The fourth-order valence-electron chi connectivity index (χ4n) is 2.99. The van der Waals surface area contributed by atoms with Crippen LogP contribution in [0.2, 0.25) is 0 Å². The predicted molar refractivity (Wildman–Crippen MR) is 88.8 cm³/mol. The van der Waals surface area contributed by atoms with Crippen molar-refractivity contribution < 1.29 is 22.4 Å². The molecule has 3 rings (SSSR count). The van der Waals surface area contributed by atoms with Crippen LogP contribution in [-0.2, 0) is 14.8 Å². The molecule has 0 aliphatic carbocycles. The molecule has 1 saturated heterocycles. The number of methoxy groups -OCH3 is 2. The van der Waals surface area contributed by atoms with Crippen molar-refractivity contribution in [3.05, 3.63) is 35.5 Å². The van der Waals surface area contributed by atoms with Gasteiger partial charge in [-0.15, -0.1) is 0 Å². The van der Waals surface area contributed by atoms with Gasteiger partial charge in [0.2, 0.25) is 15.9 Å². The first-order valence-corrected chi connectivity index (χ1v) is 9.30. The Labute approximate surface area is 146 Å². The van der Waals surface area contributed by atoms with Crippen LogP contribution in [0, 0.1) is 13.8 Å². The van der Waals surface area contributed by atoms with E-state index in [0.717, 1.165) is 5.56 Å². The molecule has 2 atom stereocenters. The molecule has 1 aromatic carbocycles. The number of rotatable bonds is 5. The topological polar surface area (TPSA) is 94.8 Å². The van der Waals surface area contributed by atoms with Crippen molar-refractivity contribution in [1.29, 1.82) is 0 Å². The van der Waals surface area contributed by atoms with Crippen LogP contribution < -0.4 is 4.74 Å². The molecule has 2 aromatic rings. The van der Waals surface area contributed by atoms with Gasteiger partial charge in [-0.3, -0.25) is 0 Å². The summed E-state index contributed by atoms with van der Waals surface area (Å²) < 4.78 is 43.9. The molecule has 0 unspecified atom stereocenters. The third-order valence-electron chi connectivity index (χ3n) is 4.28. The molecule has 2 heterocycles. The molecule has 0 radical (unpaired) electrons. The first kappa shape index (κ1) is 17.8. The molecule has 0 amide bonds. The van der Waals surface area contributed by atoms with Gasteiger partial charge in [-0.2, -0.15) is 9.29 Å². The summed E-state index contributed by atoms with van der Waals surface area (Å²) in [5, 5.41) is 3.78. The summed E-state index contributed by atoms with van der Waals surface area (Å²) in [4.78, 5) is 4.33. The molecule has 0 saturated carbocycles. The summed E-state index contributed by atoms with van der Waals surface area (Å²) in [6.07, 6.45) is 0.202. The summed E-state index contributed by atoms with van der Waals surface area (Å²) in [5.41, 5.74) is 0.826. The summed E-state index contributed by atoms with van der Waals surface area (Å²) in [7, 11) is -0.826. The zero-order chi connectivity index (χ0) is 18.2. The Hall–Kier alpha value is -1.97. The Kier molecular flexibility index (Phi) is 4.81. The van der Waals surface area contributed by atoms with E-state index in [-0.39, 0.29) is 23.4 Å². The highest BCUT2D eigenvalue weighted by Gasteiger charge is 2.44. The van der Waals surface area contributed by atoms with Crippen LogP contribution in [0.3, 0.4) is 0 Å². The average Bonchev–Trinajstić information content (AvgIpc) is 3.21. The second-order valence-electron chi connectivity index (χ2n) is 6.02. The molecule has 9 heteroatoms. The Morgan fingerprint density at radius 2 is 2.04 bits per heavy atom. The lowest BCUT2D eigenvalue weighted by atomic mass is 10.2. The zero-order valence-electron chi connectivity index (χ0n) is 14.6. The van der Waals surface area contributed by atoms with Crippen LogP contribution in [0.25, 0.3) is 0 Å². The maximum Gasteiger partial charge on any atom is 0.247 e. The van der Waals surface area contributed by atoms with Crippen LogP contribution in [0.4, 0.5) is 0 Å². The van der Waals surface area contributed by atoms with E-state index in [1.807, 2.05) is 6.92 Å². The highest BCUT2D eigenvalue weighted by Crippen LogP contribution is 2.39. The molecule has 136 valence electrons. The lowest BCUT2D eigenvalue weighted by molar-refractivity contribution is 0.114. The third-order valence-corrected chi connectivity index (χ3v) is 6.18. The van der Waals surface area contributed by atoms with Crippen LogP contribution in [0.15, 0.2) is 27.6 Å². The van der Waals surface area contributed by atoms with Gasteiger partial charge in [0.05, 0.1) is 13.2 Å². The summed E-state index contributed by atoms with van der Waals surface area (Å²) in [5.74, 6) is 1.03. The maximum atomic E-state index is 13.3. The van der Waals surface area contributed by atoms with Crippen molar-refractivity contribution in [3.63, 3.8) is 0 Å². The first-order valence-electron chi connectivity index (χ1n) is 7.86. The van der Waals surface area contributed by atoms with E-state index < -0.39 is 16.1 Å². The quantitative estimate of drug-likeness (QED) is 0.796. The molecule has 0 bridgehead atoms. The van der Waals surface area contributed by atoms with Crippen molar-refractivity contribution in [2.24, 2.45) is 0 Å². The van der Waals surface area contributed by atoms with Gasteiger partial charge in [-0.05, 0) is 31.5 Å². The van der Waals surface area contributed by atoms with Crippen molar-refractivity contribution in [2.75, 3.05) is 20.8 Å². The van der Waals surface area contributed by atoms with Gasteiger partial charge >= 0.3 is 0 Å². The van der Waals surface area contributed by atoms with E-state index >= 15 is 0 Å². The van der Waals surface area contributed by atoms with Gasteiger partial charge in [0.15, 0.2) is 5.82 Å². The smallest absolute Gasteiger partial charge is 0.247 e. The molecule has 25 heavy (non-hydrogen) atoms. The third kappa shape index (κ3) is 3.26. The minimum absolute atomic E-state index is 0.119. The number of sulfonamides is 1. The van der Waals surface area contributed by atoms with Crippen molar-refractivity contribution in [3.8, 4) is 5.75 Å². The van der Waals surface area contributed by atoms with E-state index in [1.54, 1.807) is 32.2 Å². The molecule has 1 fully saturated rings. The van der Waals surface area contributed by atoms with Gasteiger partial charge < -0.3 is 14.0 Å². The molecule has 1 aromatic heterocycles. The van der Waals surface area contributed by atoms with E-state index in [4.69, 9.17) is 14.0 Å². The number of benzene rings is 1. The number of hydrogen-bond acceptors (Lipinski definition) is 7. The largest absolute Gasteiger partial charge is 0.495 e. The SMILES string of the molecule is COc1ccc(C)cc1S(=O)(=O)N1C[C@@H](OC)C[C@@H]1c1nc(C)no1. The fraction of sp³-hybridized carbons (Fsp3) is 0.500. The maximum absolute atomic E-state index is 13.3. The highest BCUT2D eigenvalue weighted by atomic mass is 32.2. The minimum atomic E-state index is -3.83. The number of aromatic nitrogens is 2. The van der Waals surface area contributed by atoms with Crippen LogP contribution in [0.1, 0.15) is 29.7 Å². The molecular formula is C16H21N3O5S. The van der Waals surface area contributed by atoms with Gasteiger partial charge in [0.25, 0.3) is 0 Å². The predicted octanol–water partition coefficient (Wildman–Crippen LogP) is 1.85. The second-order valence-corrected chi connectivity index (χ2v) is 7.88. The summed E-state index contributed by atoms with van der Waals surface area (Å²) >= 11 is 0. The Balaban J connectivity index is 2.06.